The van der Waals surface area contributed by atoms with Crippen LogP contribution in [-0.2, 0) is 11.5 Å². The molecule has 0 radical (unpaired) electrons. The summed E-state index contributed by atoms with van der Waals surface area (Å²) < 4.78 is 13.0. The number of ether oxygens (including phenoxy) is 2. The Morgan fingerprint density at radius 1 is 0.938 bits per heavy atom. The maximum atomic E-state index is 13.3. The molecule has 2 heterocycles. The van der Waals surface area contributed by atoms with Gasteiger partial charge in [-0.25, -0.2) is 4.68 Å². The van der Waals surface area contributed by atoms with Gasteiger partial charge in [0.15, 0.2) is 0 Å². The van der Waals surface area contributed by atoms with E-state index in [1.807, 2.05) is 66.7 Å². The first-order valence-corrected chi connectivity index (χ1v) is 11.3. The largest absolute Gasteiger partial charge is 0.497 e. The average molecular weight is 444 g/mol. The molecular weight excluding hydrogens is 422 g/mol. The molecule has 0 fully saturated rings. The highest BCUT2D eigenvalue weighted by Crippen LogP contribution is 2.37. The van der Waals surface area contributed by atoms with Gasteiger partial charge >= 0.3 is 0 Å². The SMILES string of the molecule is COc1ccc(-n2nc3c(c2NC(=O)c2ccccc2Oc2ccccc2)CSC3)cc1. The molecule has 0 unspecified atom stereocenters. The van der Waals surface area contributed by atoms with E-state index in [9.17, 15) is 4.79 Å². The second-order valence-electron chi connectivity index (χ2n) is 7.24. The molecule has 1 aliphatic heterocycles. The Balaban J connectivity index is 1.48. The summed E-state index contributed by atoms with van der Waals surface area (Å²) in [5, 5.41) is 7.86. The molecule has 160 valence electrons. The first-order chi connectivity index (χ1) is 15.7. The van der Waals surface area contributed by atoms with Gasteiger partial charge in [0, 0.05) is 17.1 Å². The lowest BCUT2D eigenvalue weighted by atomic mass is 10.1. The fourth-order valence-electron chi connectivity index (χ4n) is 3.59. The number of methoxy groups -OCH3 is 1. The summed E-state index contributed by atoms with van der Waals surface area (Å²) in [6.45, 7) is 0. The maximum absolute atomic E-state index is 13.3. The number of hydrogen-bond acceptors (Lipinski definition) is 5. The fraction of sp³-hybridized carbons (Fsp3) is 0.120. The van der Waals surface area contributed by atoms with E-state index >= 15 is 0 Å². The van der Waals surface area contributed by atoms with E-state index in [2.05, 4.69) is 5.32 Å². The number of thioether (sulfide) groups is 1. The zero-order valence-corrected chi connectivity index (χ0v) is 18.3. The van der Waals surface area contributed by atoms with Crippen molar-refractivity contribution >= 4 is 23.5 Å². The van der Waals surface area contributed by atoms with E-state index in [4.69, 9.17) is 14.6 Å². The highest BCUT2D eigenvalue weighted by Gasteiger charge is 2.26. The molecule has 0 saturated heterocycles. The van der Waals surface area contributed by atoms with Crippen LogP contribution < -0.4 is 14.8 Å². The minimum atomic E-state index is -0.245. The van der Waals surface area contributed by atoms with Crippen molar-refractivity contribution in [2.75, 3.05) is 12.4 Å². The van der Waals surface area contributed by atoms with Gasteiger partial charge in [-0.2, -0.15) is 16.9 Å². The van der Waals surface area contributed by atoms with Crippen LogP contribution in [0.3, 0.4) is 0 Å². The highest BCUT2D eigenvalue weighted by molar-refractivity contribution is 7.98. The molecular formula is C25H21N3O3S. The van der Waals surface area contributed by atoms with Gasteiger partial charge in [0.05, 0.1) is 24.1 Å². The molecule has 4 aromatic rings. The third kappa shape index (κ3) is 3.94. The second kappa shape index (κ2) is 8.80. The van der Waals surface area contributed by atoms with Crippen LogP contribution in [0, 0.1) is 0 Å². The van der Waals surface area contributed by atoms with E-state index in [1.165, 1.54) is 0 Å². The smallest absolute Gasteiger partial charge is 0.260 e. The summed E-state index contributed by atoms with van der Waals surface area (Å²) in [7, 11) is 1.63. The standard InChI is InChI=1S/C25H21N3O3S/c1-30-18-13-11-17(12-14-18)28-24(21-15-32-16-22(21)27-28)26-25(29)20-9-5-6-10-23(20)31-19-7-3-2-4-8-19/h2-14H,15-16H2,1H3,(H,26,29). The van der Waals surface area contributed by atoms with Crippen molar-refractivity contribution in [3.05, 3.63) is 95.7 Å². The summed E-state index contributed by atoms with van der Waals surface area (Å²) >= 11 is 1.79. The first kappa shape index (κ1) is 20.2. The highest BCUT2D eigenvalue weighted by atomic mass is 32.2. The van der Waals surface area contributed by atoms with Gasteiger partial charge in [0.2, 0.25) is 0 Å². The summed E-state index contributed by atoms with van der Waals surface area (Å²) in [5.41, 5.74) is 3.36. The number of carbonyl (C=O) groups is 1. The third-order valence-electron chi connectivity index (χ3n) is 5.20. The molecule has 7 heteroatoms. The molecule has 1 aliphatic rings. The molecule has 1 aromatic heterocycles. The van der Waals surface area contributed by atoms with Crippen LogP contribution in [0.15, 0.2) is 78.9 Å². The molecule has 6 nitrogen and oxygen atoms in total. The van der Waals surface area contributed by atoms with Crippen LogP contribution in [0.25, 0.3) is 5.69 Å². The topological polar surface area (TPSA) is 65.4 Å². The average Bonchev–Trinajstić information content (AvgIpc) is 3.43. The van der Waals surface area contributed by atoms with Gasteiger partial charge in [-0.15, -0.1) is 0 Å². The number of amides is 1. The van der Waals surface area contributed by atoms with Crippen molar-refractivity contribution in [1.29, 1.82) is 0 Å². The number of carbonyl (C=O) groups excluding carboxylic acids is 1. The van der Waals surface area contributed by atoms with Gasteiger partial charge < -0.3 is 14.8 Å². The molecule has 0 aliphatic carbocycles. The third-order valence-corrected chi connectivity index (χ3v) is 6.17. The Bertz CT molecular complexity index is 1250. The van der Waals surface area contributed by atoms with Crippen molar-refractivity contribution < 1.29 is 14.3 Å². The van der Waals surface area contributed by atoms with Crippen LogP contribution in [0.1, 0.15) is 21.6 Å². The molecule has 1 amide bonds. The lowest BCUT2D eigenvalue weighted by Crippen LogP contribution is -2.17. The van der Waals surface area contributed by atoms with Gasteiger partial charge in [-0.1, -0.05) is 30.3 Å². The minimum absolute atomic E-state index is 0.245. The van der Waals surface area contributed by atoms with E-state index in [-0.39, 0.29) is 5.91 Å². The monoisotopic (exact) mass is 443 g/mol. The van der Waals surface area contributed by atoms with Crippen molar-refractivity contribution in [2.45, 2.75) is 11.5 Å². The quantitative estimate of drug-likeness (QED) is 0.416. The van der Waals surface area contributed by atoms with Crippen molar-refractivity contribution in [1.82, 2.24) is 9.78 Å². The Kier molecular flexibility index (Phi) is 5.56. The first-order valence-electron chi connectivity index (χ1n) is 10.2. The number of nitrogens with zero attached hydrogens (tertiary/aromatic N) is 2. The number of nitrogens with one attached hydrogen (secondary N) is 1. The minimum Gasteiger partial charge on any atom is -0.497 e. The fourth-order valence-corrected chi connectivity index (χ4v) is 4.62. The van der Waals surface area contributed by atoms with Gasteiger partial charge in [-0.05, 0) is 48.5 Å². The van der Waals surface area contributed by atoms with E-state index in [1.54, 1.807) is 35.7 Å². The number of aromatic nitrogens is 2. The van der Waals surface area contributed by atoms with E-state index in [0.717, 1.165) is 34.2 Å². The summed E-state index contributed by atoms with van der Waals surface area (Å²) in [5.74, 6) is 4.02. The zero-order valence-electron chi connectivity index (χ0n) is 17.4. The number of fused-ring (bicyclic) bond motifs is 1. The summed E-state index contributed by atoms with van der Waals surface area (Å²) in [6, 6.07) is 24.3. The molecule has 32 heavy (non-hydrogen) atoms. The van der Waals surface area contributed by atoms with Crippen molar-refractivity contribution in [3.8, 4) is 22.9 Å². The molecule has 3 aromatic carbocycles. The van der Waals surface area contributed by atoms with Crippen LogP contribution in [0.5, 0.6) is 17.2 Å². The van der Waals surface area contributed by atoms with Crippen molar-refractivity contribution in [3.63, 3.8) is 0 Å². The Morgan fingerprint density at radius 3 is 2.47 bits per heavy atom. The Labute approximate surface area is 190 Å². The van der Waals surface area contributed by atoms with Gasteiger partial charge in [0.25, 0.3) is 5.91 Å². The molecule has 0 bridgehead atoms. The molecule has 0 spiro atoms. The number of para-hydroxylation sites is 2. The zero-order chi connectivity index (χ0) is 21.9. The maximum Gasteiger partial charge on any atom is 0.260 e. The van der Waals surface area contributed by atoms with E-state index in [0.29, 0.717) is 22.9 Å². The molecule has 0 saturated carbocycles. The molecule has 1 N–H and O–H groups in total. The Morgan fingerprint density at radius 2 is 1.69 bits per heavy atom. The molecule has 5 rings (SSSR count). The van der Waals surface area contributed by atoms with Gasteiger partial charge in [0.1, 0.15) is 23.1 Å². The summed E-state index contributed by atoms with van der Waals surface area (Å²) in [4.78, 5) is 13.3. The summed E-state index contributed by atoms with van der Waals surface area (Å²) in [6.07, 6.45) is 0. The Hall–Kier alpha value is -3.71. The lowest BCUT2D eigenvalue weighted by Gasteiger charge is -2.14. The van der Waals surface area contributed by atoms with Crippen LogP contribution in [0.2, 0.25) is 0 Å². The van der Waals surface area contributed by atoms with Crippen LogP contribution >= 0.6 is 11.8 Å². The predicted octanol–water partition coefficient (Wildman–Crippen LogP) is 5.67. The number of hydrogen-bond donors (Lipinski definition) is 1. The number of rotatable bonds is 6. The molecule has 0 atom stereocenters. The van der Waals surface area contributed by atoms with E-state index < -0.39 is 0 Å². The normalized spacial score (nSPS) is 12.3. The second-order valence-corrected chi connectivity index (χ2v) is 8.23. The number of anilines is 1. The lowest BCUT2D eigenvalue weighted by molar-refractivity contribution is 0.102. The number of benzene rings is 3. The van der Waals surface area contributed by atoms with Crippen LogP contribution in [-0.4, -0.2) is 22.8 Å². The van der Waals surface area contributed by atoms with Gasteiger partial charge in [-0.3, -0.25) is 4.79 Å². The predicted molar refractivity (Wildman–Crippen MR) is 126 cm³/mol. The van der Waals surface area contributed by atoms with Crippen LogP contribution in [0.4, 0.5) is 5.82 Å². The van der Waals surface area contributed by atoms with Crippen molar-refractivity contribution in [2.24, 2.45) is 0 Å².